The zero-order chi connectivity index (χ0) is 17.9. The molecule has 0 radical (unpaired) electrons. The van der Waals surface area contributed by atoms with Crippen LogP contribution in [0, 0.1) is 11.8 Å². The molecule has 2 saturated carbocycles. The maximum absolute atomic E-state index is 13.5. The third kappa shape index (κ3) is 2.74. The normalized spacial score (nSPS) is 34.2. The van der Waals surface area contributed by atoms with Crippen molar-refractivity contribution in [2.24, 2.45) is 11.8 Å². The number of nitrogens with zero attached hydrogens (tertiary/aromatic N) is 1. The summed E-state index contributed by atoms with van der Waals surface area (Å²) >= 11 is 0. The molecule has 2 aliphatic carbocycles. The Labute approximate surface area is 155 Å². The van der Waals surface area contributed by atoms with E-state index in [1.165, 1.54) is 18.4 Å². The highest BCUT2D eigenvalue weighted by molar-refractivity contribution is 5.85. The van der Waals surface area contributed by atoms with E-state index in [9.17, 15) is 4.79 Å². The molecule has 1 unspecified atom stereocenters. The SMILES string of the molecule is CC1(C)C[C@@]2(C[C@@H]2C(=O)N(CC2CCOC2)C2CC2)c2ccccc2O1. The molecule has 1 aromatic rings. The Kier molecular flexibility index (Phi) is 3.66. The van der Waals surface area contributed by atoms with Gasteiger partial charge in [-0.25, -0.2) is 0 Å². The molecule has 3 fully saturated rings. The van der Waals surface area contributed by atoms with Crippen molar-refractivity contribution >= 4 is 5.91 Å². The van der Waals surface area contributed by atoms with E-state index in [1.54, 1.807) is 0 Å². The summed E-state index contributed by atoms with van der Waals surface area (Å²) in [5.41, 5.74) is 1.01. The predicted octanol–water partition coefficient (Wildman–Crippen LogP) is 3.53. The van der Waals surface area contributed by atoms with Crippen molar-refractivity contribution in [1.82, 2.24) is 4.90 Å². The molecule has 140 valence electrons. The first-order valence-corrected chi connectivity index (χ1v) is 10.2. The number of rotatable bonds is 4. The lowest BCUT2D eigenvalue weighted by molar-refractivity contribution is -0.134. The minimum atomic E-state index is -0.215. The number of ether oxygens (including phenoxy) is 2. The molecule has 26 heavy (non-hydrogen) atoms. The van der Waals surface area contributed by atoms with Crippen LogP contribution in [0.5, 0.6) is 5.75 Å². The van der Waals surface area contributed by atoms with Crippen LogP contribution in [0.4, 0.5) is 0 Å². The second-order valence-corrected chi connectivity index (χ2v) is 9.40. The zero-order valence-electron chi connectivity index (χ0n) is 15.9. The van der Waals surface area contributed by atoms with E-state index in [1.807, 2.05) is 6.07 Å². The molecular weight excluding hydrogens is 326 g/mol. The van der Waals surface area contributed by atoms with Crippen molar-refractivity contribution in [2.75, 3.05) is 19.8 Å². The van der Waals surface area contributed by atoms with E-state index in [2.05, 4.69) is 36.9 Å². The summed E-state index contributed by atoms with van der Waals surface area (Å²) in [6, 6.07) is 8.82. The van der Waals surface area contributed by atoms with Gasteiger partial charge in [-0.1, -0.05) is 18.2 Å². The summed E-state index contributed by atoms with van der Waals surface area (Å²) in [5.74, 6) is 2.00. The Hall–Kier alpha value is -1.55. The summed E-state index contributed by atoms with van der Waals surface area (Å²) in [6.07, 6.45) is 5.34. The Bertz CT molecular complexity index is 720. The van der Waals surface area contributed by atoms with Gasteiger partial charge in [0.05, 0.1) is 6.61 Å². The number of carbonyl (C=O) groups excluding carboxylic acids is 1. The maximum Gasteiger partial charge on any atom is 0.226 e. The first-order valence-electron chi connectivity index (χ1n) is 10.2. The molecule has 1 aromatic carbocycles. The number of hydrogen-bond donors (Lipinski definition) is 0. The molecule has 4 nitrogen and oxygen atoms in total. The van der Waals surface area contributed by atoms with Crippen molar-refractivity contribution in [2.45, 2.75) is 63.0 Å². The number of carbonyl (C=O) groups is 1. The van der Waals surface area contributed by atoms with Crippen LogP contribution < -0.4 is 4.74 Å². The Morgan fingerprint density at radius 1 is 1.23 bits per heavy atom. The van der Waals surface area contributed by atoms with Crippen LogP contribution in [-0.4, -0.2) is 42.2 Å². The zero-order valence-corrected chi connectivity index (χ0v) is 15.9. The topological polar surface area (TPSA) is 38.8 Å². The summed E-state index contributed by atoms with van der Waals surface area (Å²) in [7, 11) is 0. The second kappa shape index (κ2) is 5.72. The fourth-order valence-electron chi connectivity index (χ4n) is 5.29. The van der Waals surface area contributed by atoms with Gasteiger partial charge in [-0.05, 0) is 52.0 Å². The highest BCUT2D eigenvalue weighted by Crippen LogP contribution is 2.64. The molecule has 4 heteroatoms. The molecule has 2 aliphatic heterocycles. The van der Waals surface area contributed by atoms with Crippen LogP contribution in [0.15, 0.2) is 24.3 Å². The number of hydrogen-bond acceptors (Lipinski definition) is 3. The molecule has 1 saturated heterocycles. The minimum absolute atomic E-state index is 0.0191. The van der Waals surface area contributed by atoms with Crippen LogP contribution >= 0.6 is 0 Å². The van der Waals surface area contributed by atoms with Crippen LogP contribution in [0.1, 0.15) is 51.5 Å². The lowest BCUT2D eigenvalue weighted by atomic mass is 9.79. The van der Waals surface area contributed by atoms with Crippen molar-refractivity contribution in [3.8, 4) is 5.75 Å². The van der Waals surface area contributed by atoms with Gasteiger partial charge in [0, 0.05) is 42.0 Å². The second-order valence-electron chi connectivity index (χ2n) is 9.40. The first kappa shape index (κ1) is 16.6. The fraction of sp³-hybridized carbons (Fsp3) is 0.682. The Morgan fingerprint density at radius 3 is 2.77 bits per heavy atom. The van der Waals surface area contributed by atoms with E-state index < -0.39 is 0 Å². The van der Waals surface area contributed by atoms with E-state index in [0.29, 0.717) is 17.9 Å². The quantitative estimate of drug-likeness (QED) is 0.829. The van der Waals surface area contributed by atoms with Crippen LogP contribution in [0.3, 0.4) is 0 Å². The van der Waals surface area contributed by atoms with Gasteiger partial charge in [0.15, 0.2) is 0 Å². The lowest BCUT2D eigenvalue weighted by Crippen LogP contribution is -2.43. The smallest absolute Gasteiger partial charge is 0.226 e. The van der Waals surface area contributed by atoms with Gasteiger partial charge in [-0.3, -0.25) is 4.79 Å². The Balaban J connectivity index is 1.40. The standard InChI is InChI=1S/C22H29NO3/c1-21(2)14-22(17-5-3-4-6-19(17)26-21)11-18(22)20(24)23(16-7-8-16)12-15-9-10-25-13-15/h3-6,15-16,18H,7-14H2,1-2H3/t15?,18-,22+/m1/s1. The van der Waals surface area contributed by atoms with Crippen LogP contribution in [0.2, 0.25) is 0 Å². The molecule has 4 aliphatic rings. The lowest BCUT2D eigenvalue weighted by Gasteiger charge is -2.39. The maximum atomic E-state index is 13.5. The van der Waals surface area contributed by atoms with Crippen LogP contribution in [-0.2, 0) is 14.9 Å². The fourth-order valence-corrected chi connectivity index (χ4v) is 5.29. The van der Waals surface area contributed by atoms with Gasteiger partial charge in [0.2, 0.25) is 5.91 Å². The van der Waals surface area contributed by atoms with Gasteiger partial charge in [0.1, 0.15) is 11.4 Å². The van der Waals surface area contributed by atoms with Gasteiger partial charge in [-0.2, -0.15) is 0 Å². The minimum Gasteiger partial charge on any atom is -0.488 e. The monoisotopic (exact) mass is 355 g/mol. The van der Waals surface area contributed by atoms with Crippen molar-refractivity contribution in [3.05, 3.63) is 29.8 Å². The van der Waals surface area contributed by atoms with Crippen molar-refractivity contribution < 1.29 is 14.3 Å². The van der Waals surface area contributed by atoms with Gasteiger partial charge < -0.3 is 14.4 Å². The summed E-state index contributed by atoms with van der Waals surface area (Å²) in [5, 5.41) is 0. The molecule has 2 heterocycles. The molecule has 3 atom stereocenters. The average molecular weight is 355 g/mol. The van der Waals surface area contributed by atoms with Gasteiger partial charge >= 0.3 is 0 Å². The van der Waals surface area contributed by atoms with Gasteiger partial charge in [-0.15, -0.1) is 0 Å². The molecule has 0 bridgehead atoms. The van der Waals surface area contributed by atoms with Gasteiger partial charge in [0.25, 0.3) is 0 Å². The highest BCUT2D eigenvalue weighted by Gasteiger charge is 2.65. The number of fused-ring (bicyclic) bond motifs is 2. The molecule has 0 N–H and O–H groups in total. The van der Waals surface area contributed by atoms with E-state index in [4.69, 9.17) is 9.47 Å². The predicted molar refractivity (Wildman–Crippen MR) is 99.2 cm³/mol. The van der Waals surface area contributed by atoms with Crippen molar-refractivity contribution in [1.29, 1.82) is 0 Å². The van der Waals surface area contributed by atoms with E-state index in [-0.39, 0.29) is 16.9 Å². The number of para-hydroxylation sites is 1. The number of benzene rings is 1. The summed E-state index contributed by atoms with van der Waals surface area (Å²) in [6.45, 7) is 6.86. The van der Waals surface area contributed by atoms with E-state index >= 15 is 0 Å². The average Bonchev–Trinajstić information content (AvgIpc) is 3.50. The Morgan fingerprint density at radius 2 is 2.04 bits per heavy atom. The third-order valence-electron chi connectivity index (χ3n) is 6.67. The highest BCUT2D eigenvalue weighted by atomic mass is 16.5. The summed E-state index contributed by atoms with van der Waals surface area (Å²) < 4.78 is 11.8. The molecular formula is C22H29NO3. The third-order valence-corrected chi connectivity index (χ3v) is 6.67. The van der Waals surface area contributed by atoms with E-state index in [0.717, 1.165) is 44.8 Å². The molecule has 1 amide bonds. The van der Waals surface area contributed by atoms with Crippen molar-refractivity contribution in [3.63, 3.8) is 0 Å². The molecule has 5 rings (SSSR count). The first-order chi connectivity index (χ1) is 12.5. The largest absolute Gasteiger partial charge is 0.488 e. The van der Waals surface area contributed by atoms with Crippen LogP contribution in [0.25, 0.3) is 0 Å². The summed E-state index contributed by atoms with van der Waals surface area (Å²) in [4.78, 5) is 15.7. The molecule has 1 spiro atoms. The number of amides is 1. The molecule has 0 aromatic heterocycles.